The van der Waals surface area contributed by atoms with E-state index in [1.807, 2.05) is 7.05 Å². The number of hydrogen-bond acceptors (Lipinski definition) is 4. The molecule has 1 saturated carbocycles. The van der Waals surface area contributed by atoms with Crippen LogP contribution in [0.15, 0.2) is 0 Å². The number of nitrogens with zero attached hydrogens (tertiary/aromatic N) is 3. The summed E-state index contributed by atoms with van der Waals surface area (Å²) in [6.45, 7) is 5.49. The fourth-order valence-corrected chi connectivity index (χ4v) is 3.84. The molecule has 0 spiro atoms. The molecule has 1 aromatic heterocycles. The fourth-order valence-electron chi connectivity index (χ4n) is 3.84. The Morgan fingerprint density at radius 3 is 2.91 bits per heavy atom. The topological polar surface area (TPSA) is 42.3 Å². The summed E-state index contributed by atoms with van der Waals surface area (Å²) < 4.78 is 7.94. The van der Waals surface area contributed by atoms with Gasteiger partial charge in [-0.05, 0) is 32.9 Å². The van der Waals surface area contributed by atoms with Crippen LogP contribution in [0.1, 0.15) is 55.0 Å². The number of aromatic nitrogens is 2. The smallest absolute Gasteiger partial charge is 0.0888 e. The molecule has 0 aromatic carbocycles. The molecule has 1 fully saturated rings. The van der Waals surface area contributed by atoms with Crippen molar-refractivity contribution in [3.63, 3.8) is 0 Å². The molecule has 0 atom stereocenters. The molecule has 1 aromatic rings. The lowest BCUT2D eigenvalue weighted by atomic mass is 9.82. The third-order valence-corrected chi connectivity index (χ3v) is 5.04. The van der Waals surface area contributed by atoms with Crippen molar-refractivity contribution in [2.45, 2.75) is 57.7 Å². The average molecular weight is 306 g/mol. The van der Waals surface area contributed by atoms with Crippen molar-refractivity contribution in [1.29, 1.82) is 0 Å². The minimum absolute atomic E-state index is 0.701. The molecule has 5 heteroatoms. The molecule has 1 aliphatic carbocycles. The van der Waals surface area contributed by atoms with Crippen LogP contribution in [0.5, 0.6) is 0 Å². The lowest BCUT2D eigenvalue weighted by Crippen LogP contribution is -2.27. The highest BCUT2D eigenvalue weighted by atomic mass is 16.5. The molecular formula is C17H30N4O. The molecule has 0 saturated heterocycles. The van der Waals surface area contributed by atoms with E-state index in [2.05, 4.69) is 21.9 Å². The number of nitrogens with one attached hydrogen (secondary N) is 1. The third-order valence-electron chi connectivity index (χ3n) is 5.04. The Morgan fingerprint density at radius 1 is 1.32 bits per heavy atom. The zero-order valence-corrected chi connectivity index (χ0v) is 14.1. The number of hydrogen-bond donors (Lipinski definition) is 1. The van der Waals surface area contributed by atoms with Crippen molar-refractivity contribution in [3.05, 3.63) is 17.0 Å². The highest BCUT2D eigenvalue weighted by Gasteiger charge is 2.28. The van der Waals surface area contributed by atoms with E-state index in [0.29, 0.717) is 5.92 Å². The van der Waals surface area contributed by atoms with Crippen LogP contribution in [0.4, 0.5) is 0 Å². The van der Waals surface area contributed by atoms with Crippen LogP contribution in [-0.2, 0) is 24.4 Å². The molecule has 0 amide bonds. The molecule has 22 heavy (non-hydrogen) atoms. The van der Waals surface area contributed by atoms with Gasteiger partial charge in [-0.3, -0.25) is 9.58 Å². The van der Waals surface area contributed by atoms with Gasteiger partial charge < -0.3 is 10.1 Å². The maximum atomic E-state index is 5.73. The maximum Gasteiger partial charge on any atom is 0.0888 e. The standard InChI is InChI=1S/C17H30N4O/c1-18-8-9-20(2)12-15-17(14-6-4-3-5-7-14)16-13-22-11-10-21(16)19-15/h14,18H,3-13H2,1-2H3. The van der Waals surface area contributed by atoms with Gasteiger partial charge in [0.1, 0.15) is 0 Å². The van der Waals surface area contributed by atoms with Crippen molar-refractivity contribution in [2.24, 2.45) is 0 Å². The minimum atomic E-state index is 0.701. The van der Waals surface area contributed by atoms with E-state index in [-0.39, 0.29) is 0 Å². The number of rotatable bonds is 6. The van der Waals surface area contributed by atoms with Crippen molar-refractivity contribution in [3.8, 4) is 0 Å². The van der Waals surface area contributed by atoms with Crippen LogP contribution in [-0.4, -0.2) is 48.5 Å². The SMILES string of the molecule is CNCCN(C)Cc1nn2c(c1C1CCCCC1)COCC2. The van der Waals surface area contributed by atoms with Gasteiger partial charge in [0.15, 0.2) is 0 Å². The first kappa shape index (κ1) is 16.0. The Labute approximate surface area is 134 Å². The number of fused-ring (bicyclic) bond motifs is 1. The van der Waals surface area contributed by atoms with Crippen LogP contribution in [0.25, 0.3) is 0 Å². The van der Waals surface area contributed by atoms with Crippen LogP contribution < -0.4 is 5.32 Å². The molecule has 1 aliphatic heterocycles. The molecule has 0 unspecified atom stereocenters. The molecule has 0 bridgehead atoms. The summed E-state index contributed by atoms with van der Waals surface area (Å²) in [4.78, 5) is 2.37. The van der Waals surface area contributed by atoms with Gasteiger partial charge in [0.2, 0.25) is 0 Å². The molecule has 2 aliphatic rings. The normalized spacial score (nSPS) is 19.6. The highest BCUT2D eigenvalue weighted by Crippen LogP contribution is 2.37. The van der Waals surface area contributed by atoms with Crippen LogP contribution in [0.3, 0.4) is 0 Å². The van der Waals surface area contributed by atoms with E-state index < -0.39 is 0 Å². The lowest BCUT2D eigenvalue weighted by molar-refractivity contribution is 0.0789. The second-order valence-corrected chi connectivity index (χ2v) is 6.76. The lowest BCUT2D eigenvalue weighted by Gasteiger charge is -2.25. The maximum absolute atomic E-state index is 5.73. The first-order chi connectivity index (χ1) is 10.8. The average Bonchev–Trinajstić information content (AvgIpc) is 2.91. The second kappa shape index (κ2) is 7.57. The summed E-state index contributed by atoms with van der Waals surface area (Å²) in [7, 11) is 4.20. The molecular weight excluding hydrogens is 276 g/mol. The second-order valence-electron chi connectivity index (χ2n) is 6.76. The van der Waals surface area contributed by atoms with Crippen molar-refractivity contribution in [1.82, 2.24) is 20.0 Å². The van der Waals surface area contributed by atoms with Crippen molar-refractivity contribution < 1.29 is 4.74 Å². The fraction of sp³-hybridized carbons (Fsp3) is 0.824. The molecule has 1 N–H and O–H groups in total. The van der Waals surface area contributed by atoms with E-state index in [4.69, 9.17) is 9.84 Å². The Bertz CT molecular complexity index is 479. The summed E-state index contributed by atoms with van der Waals surface area (Å²) in [6.07, 6.45) is 6.78. The monoisotopic (exact) mass is 306 g/mol. The predicted molar refractivity (Wildman–Crippen MR) is 88.0 cm³/mol. The Balaban J connectivity index is 1.82. The minimum Gasteiger partial charge on any atom is -0.373 e. The van der Waals surface area contributed by atoms with Gasteiger partial charge in [0.25, 0.3) is 0 Å². The third kappa shape index (κ3) is 3.53. The van der Waals surface area contributed by atoms with E-state index in [1.165, 1.54) is 49.1 Å². The van der Waals surface area contributed by atoms with Crippen LogP contribution in [0, 0.1) is 0 Å². The van der Waals surface area contributed by atoms with Crippen molar-refractivity contribution in [2.75, 3.05) is 33.8 Å². The summed E-state index contributed by atoms with van der Waals surface area (Å²) in [6, 6.07) is 0. The summed E-state index contributed by atoms with van der Waals surface area (Å²) >= 11 is 0. The Kier molecular flexibility index (Phi) is 5.50. The Hall–Kier alpha value is -0.910. The van der Waals surface area contributed by atoms with Gasteiger partial charge in [-0.2, -0.15) is 5.10 Å². The molecule has 5 nitrogen and oxygen atoms in total. The number of ether oxygens (including phenoxy) is 1. The van der Waals surface area contributed by atoms with Crippen LogP contribution >= 0.6 is 0 Å². The zero-order chi connectivity index (χ0) is 15.4. The largest absolute Gasteiger partial charge is 0.373 e. The first-order valence-electron chi connectivity index (χ1n) is 8.79. The predicted octanol–water partition coefficient (Wildman–Crippen LogP) is 2.11. The van der Waals surface area contributed by atoms with E-state index in [1.54, 1.807) is 0 Å². The van der Waals surface area contributed by atoms with E-state index in [0.717, 1.165) is 39.4 Å². The number of likely N-dealkylation sites (N-methyl/N-ethyl adjacent to an activating group) is 2. The highest BCUT2D eigenvalue weighted by molar-refractivity contribution is 5.31. The summed E-state index contributed by atoms with van der Waals surface area (Å²) in [5.41, 5.74) is 4.18. The van der Waals surface area contributed by atoms with Gasteiger partial charge in [-0.15, -0.1) is 0 Å². The quantitative estimate of drug-likeness (QED) is 0.874. The summed E-state index contributed by atoms with van der Waals surface area (Å²) in [5.74, 6) is 0.701. The van der Waals surface area contributed by atoms with Gasteiger partial charge in [-0.25, -0.2) is 0 Å². The van der Waals surface area contributed by atoms with Crippen LogP contribution in [0.2, 0.25) is 0 Å². The molecule has 124 valence electrons. The molecule has 0 radical (unpaired) electrons. The van der Waals surface area contributed by atoms with Gasteiger partial charge in [0, 0.05) is 25.2 Å². The van der Waals surface area contributed by atoms with Crippen molar-refractivity contribution >= 4 is 0 Å². The van der Waals surface area contributed by atoms with E-state index in [9.17, 15) is 0 Å². The molecule has 3 rings (SSSR count). The first-order valence-corrected chi connectivity index (χ1v) is 8.79. The Morgan fingerprint density at radius 2 is 2.14 bits per heavy atom. The van der Waals surface area contributed by atoms with Gasteiger partial charge in [0.05, 0.1) is 31.1 Å². The van der Waals surface area contributed by atoms with E-state index >= 15 is 0 Å². The summed E-state index contributed by atoms with van der Waals surface area (Å²) in [5, 5.41) is 8.17. The molecule has 2 heterocycles. The van der Waals surface area contributed by atoms with Gasteiger partial charge in [-0.1, -0.05) is 19.3 Å². The zero-order valence-electron chi connectivity index (χ0n) is 14.1. The van der Waals surface area contributed by atoms with Gasteiger partial charge >= 0.3 is 0 Å².